The Morgan fingerprint density at radius 3 is 2.21 bits per heavy atom. The Hall–Kier alpha value is -2.96. The minimum atomic E-state index is -4.38. The highest BCUT2D eigenvalue weighted by Crippen LogP contribution is 2.34. The van der Waals surface area contributed by atoms with E-state index in [0.717, 1.165) is 34.7 Å². The molecule has 3 rings (SSSR count). The summed E-state index contributed by atoms with van der Waals surface area (Å²) in [6.45, 7) is 5.49. The fourth-order valence-corrected chi connectivity index (χ4v) is 3.95. The molecular weight excluding hydrogens is 384 g/mol. The van der Waals surface area contributed by atoms with Crippen LogP contribution in [0.25, 0.3) is 5.57 Å². The highest BCUT2D eigenvalue weighted by atomic mass is 32.2. The van der Waals surface area contributed by atoms with Gasteiger partial charge in [0.15, 0.2) is 0 Å². The van der Waals surface area contributed by atoms with E-state index in [4.69, 9.17) is 0 Å². The van der Waals surface area contributed by atoms with Gasteiger partial charge >= 0.3 is 0 Å². The molecule has 0 aliphatic heterocycles. The first kappa shape index (κ1) is 20.8. The van der Waals surface area contributed by atoms with Crippen LogP contribution in [0.1, 0.15) is 25.0 Å². The Morgan fingerprint density at radius 2 is 1.62 bits per heavy atom. The number of hydrogen-bond acceptors (Lipinski definition) is 4. The predicted molar refractivity (Wildman–Crippen MR) is 119 cm³/mol. The van der Waals surface area contributed by atoms with Gasteiger partial charge in [-0.3, -0.25) is 9.55 Å². The summed E-state index contributed by atoms with van der Waals surface area (Å²) >= 11 is 0. The quantitative estimate of drug-likeness (QED) is 0.676. The van der Waals surface area contributed by atoms with Gasteiger partial charge in [0.1, 0.15) is 4.90 Å². The van der Waals surface area contributed by atoms with Gasteiger partial charge in [0, 0.05) is 24.3 Å². The molecule has 0 bridgehead atoms. The zero-order valence-electron chi connectivity index (χ0n) is 16.5. The highest BCUT2D eigenvalue weighted by Gasteiger charge is 2.20. The first-order chi connectivity index (χ1) is 13.9. The number of allylic oxidation sites excluding steroid dienone is 5. The molecule has 0 saturated carbocycles. The Morgan fingerprint density at radius 1 is 0.966 bits per heavy atom. The SMILES string of the molecule is CCN=C1C=CC(=C(c2ccc(NCC)cc2)c2ccccc2S(=O)(=O)O)C=C1. The molecule has 0 saturated heterocycles. The molecular formula is C23H24N2O3S. The molecule has 29 heavy (non-hydrogen) atoms. The zero-order valence-corrected chi connectivity index (χ0v) is 17.3. The summed E-state index contributed by atoms with van der Waals surface area (Å²) < 4.78 is 33.8. The molecule has 0 atom stereocenters. The largest absolute Gasteiger partial charge is 0.385 e. The number of nitrogens with zero attached hydrogens (tertiary/aromatic N) is 1. The Labute approximate surface area is 172 Å². The lowest BCUT2D eigenvalue weighted by Gasteiger charge is -2.17. The molecule has 0 amide bonds. The number of anilines is 1. The monoisotopic (exact) mass is 408 g/mol. The summed E-state index contributed by atoms with van der Waals surface area (Å²) in [5, 5.41) is 3.25. The summed E-state index contributed by atoms with van der Waals surface area (Å²) in [5.41, 5.74) is 4.71. The van der Waals surface area contributed by atoms with E-state index in [1.165, 1.54) is 6.07 Å². The molecule has 5 nitrogen and oxygen atoms in total. The minimum Gasteiger partial charge on any atom is -0.385 e. The second kappa shape index (κ2) is 9.03. The smallest absolute Gasteiger partial charge is 0.295 e. The fraction of sp³-hybridized carbons (Fsp3) is 0.174. The summed E-state index contributed by atoms with van der Waals surface area (Å²) in [4.78, 5) is 4.27. The highest BCUT2D eigenvalue weighted by molar-refractivity contribution is 7.86. The van der Waals surface area contributed by atoms with Crippen LogP contribution in [0.2, 0.25) is 0 Å². The van der Waals surface area contributed by atoms with Gasteiger partial charge in [-0.05, 0) is 60.9 Å². The molecule has 0 spiro atoms. The van der Waals surface area contributed by atoms with E-state index in [9.17, 15) is 13.0 Å². The molecule has 0 unspecified atom stereocenters. The molecule has 2 N–H and O–H groups in total. The van der Waals surface area contributed by atoms with Gasteiger partial charge < -0.3 is 5.32 Å². The van der Waals surface area contributed by atoms with Crippen LogP contribution in [0.15, 0.2) is 88.3 Å². The van der Waals surface area contributed by atoms with Crippen LogP contribution >= 0.6 is 0 Å². The molecule has 2 aromatic carbocycles. The van der Waals surface area contributed by atoms with Gasteiger partial charge in [-0.1, -0.05) is 42.5 Å². The van der Waals surface area contributed by atoms with Crippen molar-refractivity contribution in [1.82, 2.24) is 0 Å². The van der Waals surface area contributed by atoms with Gasteiger partial charge in [0.05, 0.1) is 5.71 Å². The number of rotatable bonds is 6. The number of benzene rings is 2. The third kappa shape index (κ3) is 4.91. The van der Waals surface area contributed by atoms with E-state index < -0.39 is 10.1 Å². The summed E-state index contributed by atoms with van der Waals surface area (Å²) in [7, 11) is -4.38. The summed E-state index contributed by atoms with van der Waals surface area (Å²) in [5.74, 6) is 0. The van der Waals surface area contributed by atoms with Crippen molar-refractivity contribution < 1.29 is 13.0 Å². The van der Waals surface area contributed by atoms with Crippen LogP contribution in [0.3, 0.4) is 0 Å². The van der Waals surface area contributed by atoms with Gasteiger partial charge in [-0.2, -0.15) is 8.42 Å². The maximum Gasteiger partial charge on any atom is 0.295 e. The van der Waals surface area contributed by atoms with Crippen molar-refractivity contribution in [2.45, 2.75) is 18.7 Å². The lowest BCUT2D eigenvalue weighted by molar-refractivity contribution is 0.483. The number of hydrogen-bond donors (Lipinski definition) is 2. The van der Waals surface area contributed by atoms with Crippen LogP contribution in [0.4, 0.5) is 5.69 Å². The molecule has 0 heterocycles. The standard InChI is InChI=1S/C23H24N2O3S/c1-3-24-19-13-9-17(10-14-19)23(18-11-15-20(16-12-18)25-4-2)21-7-5-6-8-22(21)29(26,27)28/h5-16,24H,3-4H2,1-2H3,(H,26,27,28). The van der Waals surface area contributed by atoms with Crippen LogP contribution < -0.4 is 5.32 Å². The van der Waals surface area contributed by atoms with Crippen molar-refractivity contribution in [1.29, 1.82) is 0 Å². The maximum atomic E-state index is 12.0. The van der Waals surface area contributed by atoms with Gasteiger partial charge in [-0.25, -0.2) is 0 Å². The van der Waals surface area contributed by atoms with E-state index >= 15 is 0 Å². The Balaban J connectivity index is 2.22. The van der Waals surface area contributed by atoms with E-state index in [1.54, 1.807) is 18.2 Å². The first-order valence-electron chi connectivity index (χ1n) is 9.50. The first-order valence-corrected chi connectivity index (χ1v) is 10.9. The lowest BCUT2D eigenvalue weighted by atomic mass is 9.90. The molecule has 150 valence electrons. The van der Waals surface area contributed by atoms with Crippen molar-refractivity contribution in [3.05, 3.63) is 89.5 Å². The lowest BCUT2D eigenvalue weighted by Crippen LogP contribution is -2.05. The topological polar surface area (TPSA) is 78.8 Å². The molecule has 0 fully saturated rings. The fourth-order valence-electron chi connectivity index (χ4n) is 3.25. The van der Waals surface area contributed by atoms with Crippen molar-refractivity contribution in [2.24, 2.45) is 4.99 Å². The Kier molecular flexibility index (Phi) is 6.46. The number of nitrogens with one attached hydrogen (secondary N) is 1. The van der Waals surface area contributed by atoms with Crippen LogP contribution in [0.5, 0.6) is 0 Å². The maximum absolute atomic E-state index is 12.0. The summed E-state index contributed by atoms with van der Waals surface area (Å²) in [6, 6.07) is 14.3. The summed E-state index contributed by atoms with van der Waals surface area (Å²) in [6.07, 6.45) is 7.65. The number of aliphatic imine (C=N–C) groups is 1. The van der Waals surface area contributed by atoms with Crippen LogP contribution in [-0.4, -0.2) is 31.8 Å². The van der Waals surface area contributed by atoms with Crippen LogP contribution in [0, 0.1) is 0 Å². The van der Waals surface area contributed by atoms with E-state index in [1.807, 2.05) is 62.4 Å². The normalized spacial score (nSPS) is 13.5. The molecule has 2 aromatic rings. The van der Waals surface area contributed by atoms with E-state index in [2.05, 4.69) is 10.3 Å². The van der Waals surface area contributed by atoms with E-state index in [-0.39, 0.29) is 4.90 Å². The minimum absolute atomic E-state index is 0.118. The molecule has 6 heteroatoms. The van der Waals surface area contributed by atoms with Crippen LogP contribution in [-0.2, 0) is 10.1 Å². The molecule has 1 aliphatic carbocycles. The second-order valence-corrected chi connectivity index (χ2v) is 7.87. The molecule has 0 radical (unpaired) electrons. The molecule has 0 aromatic heterocycles. The van der Waals surface area contributed by atoms with Crippen molar-refractivity contribution in [3.63, 3.8) is 0 Å². The molecule has 1 aliphatic rings. The average molecular weight is 409 g/mol. The van der Waals surface area contributed by atoms with Crippen molar-refractivity contribution in [2.75, 3.05) is 18.4 Å². The Bertz CT molecular complexity index is 1090. The van der Waals surface area contributed by atoms with Gasteiger partial charge in [0.25, 0.3) is 10.1 Å². The van der Waals surface area contributed by atoms with Gasteiger partial charge in [-0.15, -0.1) is 0 Å². The average Bonchev–Trinajstić information content (AvgIpc) is 2.71. The van der Waals surface area contributed by atoms with Crippen molar-refractivity contribution >= 4 is 27.1 Å². The predicted octanol–water partition coefficient (Wildman–Crippen LogP) is 4.75. The van der Waals surface area contributed by atoms with E-state index in [0.29, 0.717) is 12.1 Å². The van der Waals surface area contributed by atoms with Gasteiger partial charge in [0.2, 0.25) is 0 Å². The second-order valence-electron chi connectivity index (χ2n) is 6.48. The third-order valence-corrected chi connectivity index (χ3v) is 5.40. The zero-order chi connectivity index (χ0) is 20.9. The third-order valence-electron chi connectivity index (χ3n) is 4.49. The van der Waals surface area contributed by atoms with Crippen molar-refractivity contribution in [3.8, 4) is 0 Å².